The monoisotopic (exact) mass is 153 g/mol. The van der Waals surface area contributed by atoms with E-state index < -0.39 is 11.8 Å². The van der Waals surface area contributed by atoms with E-state index in [4.69, 9.17) is 5.26 Å². The molecular formula is C5H3N3OS. The highest BCUT2D eigenvalue weighted by molar-refractivity contribution is 7.80. The third-order valence-corrected chi connectivity index (χ3v) is 1.20. The molecule has 5 heteroatoms. The second-order valence-electron chi connectivity index (χ2n) is 1.68. The lowest BCUT2D eigenvalue weighted by atomic mass is 10.2. The Hall–Kier alpha value is -1.28. The number of hydrogen-bond donors (Lipinski definition) is 1. The van der Waals surface area contributed by atoms with Crippen LogP contribution in [0.4, 0.5) is 0 Å². The zero-order valence-corrected chi connectivity index (χ0v) is 5.68. The molecule has 1 atom stereocenters. The van der Waals surface area contributed by atoms with Gasteiger partial charge >= 0.3 is 0 Å². The Morgan fingerprint density at radius 3 is 3.10 bits per heavy atom. The molecule has 10 heavy (non-hydrogen) atoms. The molecule has 0 saturated carbocycles. The summed E-state index contributed by atoms with van der Waals surface area (Å²) in [6.07, 6.45) is 1.24. The molecule has 0 bridgehead atoms. The normalized spacial score (nSPS) is 23.7. The second kappa shape index (κ2) is 2.54. The first kappa shape index (κ1) is 6.83. The first-order chi connectivity index (χ1) is 4.74. The fourth-order valence-corrected chi connectivity index (χ4v) is 0.679. The van der Waals surface area contributed by atoms with Crippen molar-refractivity contribution in [3.05, 3.63) is 0 Å². The van der Waals surface area contributed by atoms with Crippen molar-refractivity contribution in [2.24, 2.45) is 10.9 Å². The number of aliphatic imine (C=N–C) groups is 1. The summed E-state index contributed by atoms with van der Waals surface area (Å²) in [6, 6.07) is 1.75. The Morgan fingerprint density at radius 2 is 2.60 bits per heavy atom. The zero-order valence-electron chi connectivity index (χ0n) is 4.87. The van der Waals surface area contributed by atoms with Gasteiger partial charge in [0.15, 0.2) is 11.0 Å². The Kier molecular flexibility index (Phi) is 1.73. The summed E-state index contributed by atoms with van der Waals surface area (Å²) in [5.41, 5.74) is 0. The van der Waals surface area contributed by atoms with Crippen LogP contribution < -0.4 is 5.32 Å². The molecule has 1 amide bonds. The molecule has 0 radical (unpaired) electrons. The van der Waals surface area contributed by atoms with Crippen molar-refractivity contribution in [3.8, 4) is 6.07 Å². The molecule has 0 aliphatic carbocycles. The molecule has 0 aromatic carbocycles. The van der Waals surface area contributed by atoms with E-state index in [-0.39, 0.29) is 5.11 Å². The van der Waals surface area contributed by atoms with Crippen molar-refractivity contribution in [2.75, 3.05) is 0 Å². The minimum absolute atomic E-state index is 0.122. The number of thiocarbonyl (C=S) groups is 1. The molecule has 0 aromatic heterocycles. The van der Waals surface area contributed by atoms with E-state index in [0.29, 0.717) is 0 Å². The Labute approximate surface area is 62.6 Å². The van der Waals surface area contributed by atoms with Crippen LogP contribution in [0.25, 0.3) is 0 Å². The zero-order chi connectivity index (χ0) is 7.56. The first-order valence-corrected chi connectivity index (χ1v) is 2.93. The predicted octanol–water partition coefficient (Wildman–Crippen LogP) is -0.388. The van der Waals surface area contributed by atoms with E-state index in [1.165, 1.54) is 6.21 Å². The highest BCUT2D eigenvalue weighted by atomic mass is 32.1. The van der Waals surface area contributed by atoms with E-state index in [9.17, 15) is 4.79 Å². The van der Waals surface area contributed by atoms with E-state index in [1.54, 1.807) is 6.07 Å². The van der Waals surface area contributed by atoms with E-state index in [2.05, 4.69) is 22.5 Å². The quantitative estimate of drug-likeness (QED) is 0.482. The molecule has 0 fully saturated rings. The SMILES string of the molecule is N#CC1C=NC(=S)NC1=O. The van der Waals surface area contributed by atoms with E-state index in [1.807, 2.05) is 0 Å². The fourth-order valence-electron chi connectivity index (χ4n) is 0.517. The predicted molar refractivity (Wildman–Crippen MR) is 38.3 cm³/mol. The van der Waals surface area contributed by atoms with Crippen molar-refractivity contribution in [1.29, 1.82) is 5.26 Å². The lowest BCUT2D eigenvalue weighted by molar-refractivity contribution is -0.120. The number of nitriles is 1. The molecule has 50 valence electrons. The Balaban J connectivity index is 2.84. The van der Waals surface area contributed by atoms with Crippen LogP contribution in [-0.2, 0) is 4.79 Å². The minimum Gasteiger partial charge on any atom is -0.300 e. The maximum Gasteiger partial charge on any atom is 0.249 e. The van der Waals surface area contributed by atoms with Gasteiger partial charge in [0, 0.05) is 6.21 Å². The maximum absolute atomic E-state index is 10.7. The molecule has 0 aromatic rings. The first-order valence-electron chi connectivity index (χ1n) is 2.52. The number of nitrogens with zero attached hydrogens (tertiary/aromatic N) is 2. The van der Waals surface area contributed by atoms with Gasteiger partial charge in [0.1, 0.15) is 0 Å². The van der Waals surface area contributed by atoms with Gasteiger partial charge in [0.2, 0.25) is 5.91 Å². The van der Waals surface area contributed by atoms with Crippen LogP contribution in [-0.4, -0.2) is 17.2 Å². The van der Waals surface area contributed by atoms with Gasteiger partial charge in [0.05, 0.1) is 6.07 Å². The Bertz CT molecular complexity index is 252. The van der Waals surface area contributed by atoms with Gasteiger partial charge in [-0.1, -0.05) is 0 Å². The highest BCUT2D eigenvalue weighted by Crippen LogP contribution is 1.96. The molecule has 1 heterocycles. The maximum atomic E-state index is 10.7. The molecule has 1 N–H and O–H groups in total. The lowest BCUT2D eigenvalue weighted by Gasteiger charge is -2.08. The van der Waals surface area contributed by atoms with Crippen LogP contribution in [0.15, 0.2) is 4.99 Å². The summed E-state index contributed by atoms with van der Waals surface area (Å²) >= 11 is 4.54. The molecule has 1 aliphatic rings. The minimum atomic E-state index is -0.785. The molecule has 0 spiro atoms. The van der Waals surface area contributed by atoms with Crippen LogP contribution in [0, 0.1) is 17.2 Å². The van der Waals surface area contributed by atoms with Gasteiger partial charge in [-0.05, 0) is 12.2 Å². The summed E-state index contributed by atoms with van der Waals surface area (Å²) in [7, 11) is 0. The number of hydrogen-bond acceptors (Lipinski definition) is 3. The number of rotatable bonds is 0. The second-order valence-corrected chi connectivity index (χ2v) is 2.07. The van der Waals surface area contributed by atoms with Crippen LogP contribution in [0.5, 0.6) is 0 Å². The van der Waals surface area contributed by atoms with E-state index >= 15 is 0 Å². The van der Waals surface area contributed by atoms with Crippen molar-refractivity contribution in [1.82, 2.24) is 5.32 Å². The van der Waals surface area contributed by atoms with Crippen LogP contribution in [0.3, 0.4) is 0 Å². The van der Waals surface area contributed by atoms with Crippen LogP contribution in [0.2, 0.25) is 0 Å². The number of carbonyl (C=O) groups excluding carboxylic acids is 1. The molecule has 0 saturated heterocycles. The van der Waals surface area contributed by atoms with E-state index in [0.717, 1.165) is 0 Å². The molecule has 1 unspecified atom stereocenters. The number of nitrogens with one attached hydrogen (secondary N) is 1. The summed E-state index contributed by atoms with van der Waals surface area (Å²) < 4.78 is 0. The molecule has 1 rings (SSSR count). The number of carbonyl (C=O) groups is 1. The third-order valence-electron chi connectivity index (χ3n) is 0.993. The molecule has 4 nitrogen and oxygen atoms in total. The van der Waals surface area contributed by atoms with Gasteiger partial charge < -0.3 is 0 Å². The summed E-state index contributed by atoms with van der Waals surface area (Å²) in [4.78, 5) is 14.3. The van der Waals surface area contributed by atoms with Crippen molar-refractivity contribution in [3.63, 3.8) is 0 Å². The van der Waals surface area contributed by atoms with Crippen molar-refractivity contribution in [2.45, 2.75) is 0 Å². The van der Waals surface area contributed by atoms with Gasteiger partial charge in [-0.15, -0.1) is 0 Å². The summed E-state index contributed by atoms with van der Waals surface area (Å²) in [6.45, 7) is 0. The Morgan fingerprint density at radius 1 is 1.90 bits per heavy atom. The summed E-state index contributed by atoms with van der Waals surface area (Å²) in [5, 5.41) is 10.7. The smallest absolute Gasteiger partial charge is 0.249 e. The lowest BCUT2D eigenvalue weighted by Crippen LogP contribution is -2.37. The van der Waals surface area contributed by atoms with Gasteiger partial charge in [0.25, 0.3) is 0 Å². The third kappa shape index (κ3) is 1.17. The molecule has 1 aliphatic heterocycles. The van der Waals surface area contributed by atoms with Gasteiger partial charge in [-0.3, -0.25) is 10.1 Å². The average molecular weight is 153 g/mol. The van der Waals surface area contributed by atoms with Crippen molar-refractivity contribution < 1.29 is 4.79 Å². The average Bonchev–Trinajstić information content (AvgIpc) is 1.88. The number of amides is 1. The largest absolute Gasteiger partial charge is 0.300 e. The van der Waals surface area contributed by atoms with Crippen molar-refractivity contribution >= 4 is 29.5 Å². The van der Waals surface area contributed by atoms with Crippen LogP contribution in [0.1, 0.15) is 0 Å². The van der Waals surface area contributed by atoms with Crippen LogP contribution >= 0.6 is 12.2 Å². The molecular weight excluding hydrogens is 150 g/mol. The topological polar surface area (TPSA) is 65.2 Å². The van der Waals surface area contributed by atoms with Gasteiger partial charge in [-0.25, -0.2) is 4.99 Å². The summed E-state index contributed by atoms with van der Waals surface area (Å²) in [5.74, 6) is -1.19. The fraction of sp³-hybridized carbons (Fsp3) is 0.200. The highest BCUT2D eigenvalue weighted by Gasteiger charge is 2.19. The van der Waals surface area contributed by atoms with Gasteiger partial charge in [-0.2, -0.15) is 5.26 Å². The standard InChI is InChI=1S/C5H3N3OS/c6-1-3-2-7-5(10)8-4(3)9/h2-3H,(H,8,9,10).